The normalized spacial score (nSPS) is 16.8. The van der Waals surface area contributed by atoms with Gasteiger partial charge in [0.05, 0.1) is 16.7 Å². The van der Waals surface area contributed by atoms with Crippen LogP contribution in [0.25, 0.3) is 0 Å². The SMILES string of the molecule is O=C(CS[C@H]1CC(=O)N(c2ccc(F)cc2)C1=O)Nc1cccc(Cl)c1. The molecule has 1 aliphatic heterocycles. The molecule has 1 atom stereocenters. The molecule has 0 bridgehead atoms. The topological polar surface area (TPSA) is 66.5 Å². The van der Waals surface area contributed by atoms with E-state index in [1.165, 1.54) is 24.3 Å². The predicted molar refractivity (Wildman–Crippen MR) is 99.8 cm³/mol. The van der Waals surface area contributed by atoms with E-state index in [2.05, 4.69) is 5.32 Å². The molecule has 0 aromatic heterocycles. The Morgan fingerprint density at radius 1 is 1.23 bits per heavy atom. The summed E-state index contributed by atoms with van der Waals surface area (Å²) >= 11 is 6.96. The number of carbonyl (C=O) groups excluding carboxylic acids is 3. The fourth-order valence-electron chi connectivity index (χ4n) is 2.54. The van der Waals surface area contributed by atoms with Crippen molar-refractivity contribution in [2.75, 3.05) is 16.0 Å². The molecular formula is C18H14ClFN2O3S. The summed E-state index contributed by atoms with van der Waals surface area (Å²) in [5.41, 5.74) is 0.887. The van der Waals surface area contributed by atoms with E-state index in [4.69, 9.17) is 11.6 Å². The Bertz CT molecular complexity index is 860. The van der Waals surface area contributed by atoms with Gasteiger partial charge in [-0.05, 0) is 42.5 Å². The highest BCUT2D eigenvalue weighted by Gasteiger charge is 2.40. The van der Waals surface area contributed by atoms with Crippen LogP contribution in [0.1, 0.15) is 6.42 Å². The maximum absolute atomic E-state index is 13.0. The number of imide groups is 1. The van der Waals surface area contributed by atoms with E-state index in [1.54, 1.807) is 24.3 Å². The van der Waals surface area contributed by atoms with Gasteiger partial charge in [-0.25, -0.2) is 9.29 Å². The van der Waals surface area contributed by atoms with Crippen molar-refractivity contribution in [3.05, 3.63) is 59.4 Å². The van der Waals surface area contributed by atoms with Crippen LogP contribution < -0.4 is 10.2 Å². The quantitative estimate of drug-likeness (QED) is 0.791. The van der Waals surface area contributed by atoms with Crippen LogP contribution >= 0.6 is 23.4 Å². The molecule has 1 heterocycles. The Hall–Kier alpha value is -2.38. The van der Waals surface area contributed by atoms with E-state index in [0.717, 1.165) is 16.7 Å². The third kappa shape index (κ3) is 4.23. The van der Waals surface area contributed by atoms with Crippen LogP contribution in [-0.2, 0) is 14.4 Å². The summed E-state index contributed by atoms with van der Waals surface area (Å²) in [4.78, 5) is 37.7. The van der Waals surface area contributed by atoms with Crippen LogP contribution in [-0.4, -0.2) is 28.7 Å². The molecule has 0 unspecified atom stereocenters. The largest absolute Gasteiger partial charge is 0.325 e. The average Bonchev–Trinajstić information content (AvgIpc) is 2.88. The number of thioether (sulfide) groups is 1. The molecule has 1 fully saturated rings. The second kappa shape index (κ2) is 7.88. The summed E-state index contributed by atoms with van der Waals surface area (Å²) in [5, 5.41) is 2.55. The zero-order valence-corrected chi connectivity index (χ0v) is 15.0. The van der Waals surface area contributed by atoms with Crippen molar-refractivity contribution >= 4 is 52.5 Å². The molecule has 0 aliphatic carbocycles. The lowest BCUT2D eigenvalue weighted by molar-refractivity contribution is -0.121. The molecule has 3 rings (SSSR count). The summed E-state index contributed by atoms with van der Waals surface area (Å²) in [6.07, 6.45) is 0.00528. The fourth-order valence-corrected chi connectivity index (χ4v) is 3.66. The van der Waals surface area contributed by atoms with Crippen LogP contribution in [0.4, 0.5) is 15.8 Å². The number of anilines is 2. The van der Waals surface area contributed by atoms with Gasteiger partial charge in [-0.2, -0.15) is 0 Å². The Labute approximate surface area is 158 Å². The first-order valence-corrected chi connectivity index (χ1v) is 9.16. The molecule has 2 aromatic carbocycles. The number of halogens is 2. The van der Waals surface area contributed by atoms with Gasteiger partial charge in [0.15, 0.2) is 0 Å². The first kappa shape index (κ1) is 18.4. The second-order valence-electron chi connectivity index (χ2n) is 5.61. The monoisotopic (exact) mass is 392 g/mol. The molecule has 8 heteroatoms. The molecule has 3 amide bonds. The Morgan fingerprint density at radius 3 is 2.65 bits per heavy atom. The van der Waals surface area contributed by atoms with Crippen molar-refractivity contribution in [2.24, 2.45) is 0 Å². The number of nitrogens with one attached hydrogen (secondary N) is 1. The molecule has 0 radical (unpaired) electrons. The minimum atomic E-state index is -0.641. The van der Waals surface area contributed by atoms with Gasteiger partial charge in [-0.15, -0.1) is 11.8 Å². The van der Waals surface area contributed by atoms with Crippen molar-refractivity contribution in [3.63, 3.8) is 0 Å². The Kier molecular flexibility index (Phi) is 5.58. The standard InChI is InChI=1S/C18H14ClFN2O3S/c19-11-2-1-3-13(8-11)21-16(23)10-26-15-9-17(24)22(18(15)25)14-6-4-12(20)5-7-14/h1-8,15H,9-10H2,(H,21,23)/t15-/m0/s1. The minimum absolute atomic E-state index is 0.00528. The van der Waals surface area contributed by atoms with E-state index in [-0.39, 0.29) is 24.0 Å². The van der Waals surface area contributed by atoms with Crippen molar-refractivity contribution in [1.82, 2.24) is 0 Å². The van der Waals surface area contributed by atoms with Crippen LogP contribution in [0.3, 0.4) is 0 Å². The van der Waals surface area contributed by atoms with E-state index < -0.39 is 17.0 Å². The molecule has 0 spiro atoms. The van der Waals surface area contributed by atoms with Crippen molar-refractivity contribution in [3.8, 4) is 0 Å². The van der Waals surface area contributed by atoms with Crippen LogP contribution in [0.15, 0.2) is 48.5 Å². The maximum atomic E-state index is 13.0. The number of benzene rings is 2. The number of carbonyl (C=O) groups is 3. The zero-order valence-electron chi connectivity index (χ0n) is 13.4. The number of hydrogen-bond acceptors (Lipinski definition) is 4. The lowest BCUT2D eigenvalue weighted by Crippen LogP contribution is -2.31. The highest BCUT2D eigenvalue weighted by Crippen LogP contribution is 2.29. The van der Waals surface area contributed by atoms with Crippen LogP contribution in [0.2, 0.25) is 5.02 Å². The van der Waals surface area contributed by atoms with Crippen molar-refractivity contribution in [1.29, 1.82) is 0 Å². The van der Waals surface area contributed by atoms with Gasteiger partial charge in [0.2, 0.25) is 17.7 Å². The summed E-state index contributed by atoms with van der Waals surface area (Å²) < 4.78 is 13.0. The highest BCUT2D eigenvalue weighted by atomic mass is 35.5. The van der Waals surface area contributed by atoms with E-state index in [9.17, 15) is 18.8 Å². The molecule has 1 saturated heterocycles. The van der Waals surface area contributed by atoms with Crippen LogP contribution in [0.5, 0.6) is 0 Å². The fraction of sp³-hybridized carbons (Fsp3) is 0.167. The molecule has 1 N–H and O–H groups in total. The van der Waals surface area contributed by atoms with Gasteiger partial charge in [-0.3, -0.25) is 14.4 Å². The Morgan fingerprint density at radius 2 is 1.96 bits per heavy atom. The molecule has 134 valence electrons. The van der Waals surface area contributed by atoms with Gasteiger partial charge in [0.1, 0.15) is 5.82 Å². The molecule has 2 aromatic rings. The lowest BCUT2D eigenvalue weighted by Gasteiger charge is -2.14. The summed E-state index contributed by atoms with van der Waals surface area (Å²) in [7, 11) is 0. The molecule has 5 nitrogen and oxygen atoms in total. The van der Waals surface area contributed by atoms with Gasteiger partial charge < -0.3 is 5.32 Å². The number of rotatable bonds is 5. The summed E-state index contributed by atoms with van der Waals surface area (Å²) in [6.45, 7) is 0. The first-order chi connectivity index (χ1) is 12.4. The zero-order chi connectivity index (χ0) is 18.7. The minimum Gasteiger partial charge on any atom is -0.325 e. The van der Waals surface area contributed by atoms with E-state index in [0.29, 0.717) is 16.4 Å². The van der Waals surface area contributed by atoms with E-state index >= 15 is 0 Å². The second-order valence-corrected chi connectivity index (χ2v) is 7.23. The number of hydrogen-bond donors (Lipinski definition) is 1. The first-order valence-electron chi connectivity index (χ1n) is 7.73. The molecule has 1 aliphatic rings. The van der Waals surface area contributed by atoms with Crippen LogP contribution in [0, 0.1) is 5.82 Å². The average molecular weight is 393 g/mol. The molecule has 0 saturated carbocycles. The molecule has 26 heavy (non-hydrogen) atoms. The number of nitrogens with zero attached hydrogens (tertiary/aromatic N) is 1. The van der Waals surface area contributed by atoms with Crippen molar-refractivity contribution in [2.45, 2.75) is 11.7 Å². The van der Waals surface area contributed by atoms with E-state index in [1.807, 2.05) is 0 Å². The smallest absolute Gasteiger partial charge is 0.247 e. The highest BCUT2D eigenvalue weighted by molar-refractivity contribution is 8.01. The van der Waals surface area contributed by atoms with Gasteiger partial charge in [0, 0.05) is 17.1 Å². The Balaban J connectivity index is 1.59. The maximum Gasteiger partial charge on any atom is 0.247 e. The predicted octanol–water partition coefficient (Wildman–Crippen LogP) is 3.48. The third-order valence-electron chi connectivity index (χ3n) is 3.71. The summed E-state index contributed by atoms with van der Waals surface area (Å²) in [6, 6.07) is 11.9. The van der Waals surface area contributed by atoms with Gasteiger partial charge >= 0.3 is 0 Å². The van der Waals surface area contributed by atoms with Gasteiger partial charge in [0.25, 0.3) is 0 Å². The molecular weight excluding hydrogens is 379 g/mol. The number of amides is 3. The van der Waals surface area contributed by atoms with Crippen molar-refractivity contribution < 1.29 is 18.8 Å². The van der Waals surface area contributed by atoms with Gasteiger partial charge in [-0.1, -0.05) is 17.7 Å². The lowest BCUT2D eigenvalue weighted by atomic mass is 10.3. The summed E-state index contributed by atoms with van der Waals surface area (Å²) in [5.74, 6) is -1.49. The third-order valence-corrected chi connectivity index (χ3v) is 5.15.